The Kier molecular flexibility index (Phi) is 5.35. The zero-order chi connectivity index (χ0) is 15.5. The van der Waals surface area contributed by atoms with E-state index in [2.05, 4.69) is 15.3 Å². The zero-order valence-electron chi connectivity index (χ0n) is 13.4. The van der Waals surface area contributed by atoms with Crippen molar-refractivity contribution >= 4 is 17.2 Å². The van der Waals surface area contributed by atoms with Crippen LogP contribution in [0.2, 0.25) is 0 Å². The Morgan fingerprint density at radius 3 is 2.52 bits per heavy atom. The second kappa shape index (κ2) is 6.85. The Labute approximate surface area is 130 Å². The summed E-state index contributed by atoms with van der Waals surface area (Å²) < 4.78 is 5.56. The number of carbonyl (C=O) groups is 1. The maximum atomic E-state index is 12.1. The van der Waals surface area contributed by atoms with Gasteiger partial charge in [0.1, 0.15) is 6.61 Å². The second-order valence-electron chi connectivity index (χ2n) is 6.42. The van der Waals surface area contributed by atoms with Gasteiger partial charge in [0, 0.05) is 38.1 Å². The van der Waals surface area contributed by atoms with Crippen molar-refractivity contribution in [2.45, 2.75) is 39.8 Å². The molecule has 118 valence electrons. The minimum Gasteiger partial charge on any atom is -0.366 e. The van der Waals surface area contributed by atoms with Crippen LogP contribution in [-0.4, -0.2) is 59.1 Å². The van der Waals surface area contributed by atoms with Gasteiger partial charge in [-0.25, -0.2) is 4.98 Å². The summed E-state index contributed by atoms with van der Waals surface area (Å²) in [6.45, 7) is 12.3. The number of nitrogens with zero attached hydrogens (tertiary/aromatic N) is 3. The van der Waals surface area contributed by atoms with Gasteiger partial charge in [-0.15, -0.1) is 11.3 Å². The molecule has 0 unspecified atom stereocenters. The first-order valence-electron chi connectivity index (χ1n) is 7.38. The van der Waals surface area contributed by atoms with E-state index in [0.29, 0.717) is 0 Å². The van der Waals surface area contributed by atoms with Gasteiger partial charge in [-0.05, 0) is 27.7 Å². The number of hydrogen-bond acceptors (Lipinski definition) is 5. The number of amides is 1. The van der Waals surface area contributed by atoms with Crippen molar-refractivity contribution < 1.29 is 9.53 Å². The van der Waals surface area contributed by atoms with Gasteiger partial charge in [0.05, 0.1) is 16.3 Å². The normalized spacial score (nSPS) is 17.2. The molecule has 1 aromatic rings. The fraction of sp³-hybridized carbons (Fsp3) is 0.733. The quantitative estimate of drug-likeness (QED) is 0.852. The molecule has 1 aliphatic heterocycles. The molecule has 0 atom stereocenters. The van der Waals surface area contributed by atoms with Gasteiger partial charge < -0.3 is 9.64 Å². The molecule has 0 saturated carbocycles. The first-order valence-corrected chi connectivity index (χ1v) is 8.26. The third-order valence-electron chi connectivity index (χ3n) is 3.41. The van der Waals surface area contributed by atoms with E-state index in [1.54, 1.807) is 11.3 Å². The minimum absolute atomic E-state index is 0.0917. The van der Waals surface area contributed by atoms with Gasteiger partial charge >= 0.3 is 0 Å². The molecule has 0 radical (unpaired) electrons. The van der Waals surface area contributed by atoms with Crippen molar-refractivity contribution in [1.82, 2.24) is 14.8 Å². The first-order chi connectivity index (χ1) is 9.83. The number of aromatic nitrogens is 1. The molecule has 2 rings (SSSR count). The summed E-state index contributed by atoms with van der Waals surface area (Å²) in [4.78, 5) is 20.8. The fourth-order valence-corrected chi connectivity index (χ4v) is 2.84. The molecule has 2 heterocycles. The predicted octanol–water partition coefficient (Wildman–Crippen LogP) is 1.91. The highest BCUT2D eigenvalue weighted by Crippen LogP contribution is 2.13. The molecule has 1 aromatic heterocycles. The van der Waals surface area contributed by atoms with Gasteiger partial charge in [-0.1, -0.05) is 0 Å². The van der Waals surface area contributed by atoms with Crippen LogP contribution in [0, 0.1) is 6.92 Å². The van der Waals surface area contributed by atoms with Crippen molar-refractivity contribution in [3.63, 3.8) is 0 Å². The summed E-state index contributed by atoms with van der Waals surface area (Å²) in [5.41, 5.74) is 0.869. The summed E-state index contributed by atoms with van der Waals surface area (Å²) in [5.74, 6) is 0.0917. The Morgan fingerprint density at radius 2 is 2.00 bits per heavy atom. The van der Waals surface area contributed by atoms with Crippen LogP contribution in [0.3, 0.4) is 0 Å². The molecule has 1 amide bonds. The van der Waals surface area contributed by atoms with Gasteiger partial charge in [0.15, 0.2) is 0 Å². The molecule has 0 aromatic carbocycles. The molecule has 21 heavy (non-hydrogen) atoms. The Hall–Kier alpha value is -0.980. The van der Waals surface area contributed by atoms with Crippen molar-refractivity contribution in [1.29, 1.82) is 0 Å². The van der Waals surface area contributed by atoms with Crippen molar-refractivity contribution in [2.24, 2.45) is 0 Å². The van der Waals surface area contributed by atoms with Crippen LogP contribution in [0.1, 0.15) is 31.5 Å². The van der Waals surface area contributed by atoms with E-state index in [1.807, 2.05) is 32.6 Å². The van der Waals surface area contributed by atoms with Crippen LogP contribution >= 0.6 is 11.3 Å². The monoisotopic (exact) mass is 311 g/mol. The van der Waals surface area contributed by atoms with E-state index < -0.39 is 0 Å². The average Bonchev–Trinajstić information content (AvgIpc) is 2.81. The summed E-state index contributed by atoms with van der Waals surface area (Å²) in [5, 5.41) is 3.22. The van der Waals surface area contributed by atoms with Gasteiger partial charge in [0.25, 0.3) is 0 Å². The number of aryl methyl sites for hydroxylation is 1. The van der Waals surface area contributed by atoms with Crippen molar-refractivity contribution in [3.05, 3.63) is 16.1 Å². The van der Waals surface area contributed by atoms with Crippen LogP contribution in [0.15, 0.2) is 5.38 Å². The maximum Gasteiger partial charge on any atom is 0.248 e. The van der Waals surface area contributed by atoms with Crippen LogP contribution in [0.4, 0.5) is 0 Å². The molecule has 0 bridgehead atoms. The highest BCUT2D eigenvalue weighted by molar-refractivity contribution is 7.09. The molecular weight excluding hydrogens is 286 g/mol. The van der Waals surface area contributed by atoms with Gasteiger partial charge in [-0.2, -0.15) is 0 Å². The number of piperazine rings is 1. The lowest BCUT2D eigenvalue weighted by atomic mass is 10.2. The number of ether oxygens (including phenoxy) is 1. The number of rotatable bonds is 4. The molecule has 0 aliphatic carbocycles. The Bertz CT molecular complexity index is 474. The van der Waals surface area contributed by atoms with E-state index in [-0.39, 0.29) is 18.1 Å². The smallest absolute Gasteiger partial charge is 0.248 e. The molecule has 1 saturated heterocycles. The van der Waals surface area contributed by atoms with E-state index in [0.717, 1.165) is 43.4 Å². The number of thiazole rings is 1. The molecule has 0 spiro atoms. The maximum absolute atomic E-state index is 12.1. The second-order valence-corrected chi connectivity index (χ2v) is 7.48. The van der Waals surface area contributed by atoms with Crippen molar-refractivity contribution in [3.8, 4) is 0 Å². The third kappa shape index (κ3) is 5.37. The topological polar surface area (TPSA) is 45.7 Å². The molecule has 1 fully saturated rings. The van der Waals surface area contributed by atoms with Crippen LogP contribution in [-0.2, 0) is 16.1 Å². The summed E-state index contributed by atoms with van der Waals surface area (Å²) in [6, 6.07) is 0. The van der Waals surface area contributed by atoms with Gasteiger partial charge in [-0.3, -0.25) is 9.69 Å². The van der Waals surface area contributed by atoms with E-state index in [4.69, 9.17) is 4.74 Å². The lowest BCUT2D eigenvalue weighted by Gasteiger charge is -2.34. The summed E-state index contributed by atoms with van der Waals surface area (Å²) >= 11 is 1.69. The largest absolute Gasteiger partial charge is 0.366 e. The number of hydrogen-bond donors (Lipinski definition) is 0. The van der Waals surface area contributed by atoms with Crippen molar-refractivity contribution in [2.75, 3.05) is 32.8 Å². The lowest BCUT2D eigenvalue weighted by Crippen LogP contribution is -2.49. The highest BCUT2D eigenvalue weighted by atomic mass is 32.1. The molecule has 6 heteroatoms. The minimum atomic E-state index is -0.264. The standard InChI is InChI=1S/C15H25N3O2S/c1-12-16-13(11-21-12)9-17-5-7-18(8-6-17)14(19)10-20-15(2,3)4/h11H,5-10H2,1-4H3. The van der Waals surface area contributed by atoms with E-state index in [9.17, 15) is 4.79 Å². The predicted molar refractivity (Wildman–Crippen MR) is 84.4 cm³/mol. The zero-order valence-corrected chi connectivity index (χ0v) is 14.2. The molecule has 1 aliphatic rings. The van der Waals surface area contributed by atoms with E-state index in [1.165, 1.54) is 0 Å². The highest BCUT2D eigenvalue weighted by Gasteiger charge is 2.23. The van der Waals surface area contributed by atoms with Gasteiger partial charge in [0.2, 0.25) is 5.91 Å². The average molecular weight is 311 g/mol. The molecule has 0 N–H and O–H groups in total. The Morgan fingerprint density at radius 1 is 1.33 bits per heavy atom. The third-order valence-corrected chi connectivity index (χ3v) is 4.23. The lowest BCUT2D eigenvalue weighted by molar-refractivity contribution is -0.142. The fourth-order valence-electron chi connectivity index (χ4n) is 2.23. The van der Waals surface area contributed by atoms with E-state index >= 15 is 0 Å². The SMILES string of the molecule is Cc1nc(CN2CCN(C(=O)COC(C)(C)C)CC2)cs1. The molecular formula is C15H25N3O2S. The summed E-state index contributed by atoms with van der Waals surface area (Å²) in [7, 11) is 0. The Balaban J connectivity index is 1.74. The van der Waals surface area contributed by atoms with Crippen LogP contribution in [0.5, 0.6) is 0 Å². The molecule has 5 nitrogen and oxygen atoms in total. The summed E-state index contributed by atoms with van der Waals surface area (Å²) in [6.07, 6.45) is 0. The van der Waals surface area contributed by atoms with Crippen LogP contribution in [0.25, 0.3) is 0 Å². The number of carbonyl (C=O) groups excluding carboxylic acids is 1. The first kappa shape index (κ1) is 16.4. The van der Waals surface area contributed by atoms with Crippen LogP contribution < -0.4 is 0 Å².